The van der Waals surface area contributed by atoms with E-state index in [-0.39, 0.29) is 17.7 Å². The molecule has 0 aromatic rings. The van der Waals surface area contributed by atoms with E-state index in [1.54, 1.807) is 14.1 Å². The van der Waals surface area contributed by atoms with Crippen LogP contribution in [0.15, 0.2) is 46.0 Å². The molecule has 0 aliphatic rings. The topological polar surface area (TPSA) is 49.2 Å². The first-order valence-electron chi connectivity index (χ1n) is 11.2. The molecule has 0 aromatic heterocycles. The van der Waals surface area contributed by atoms with E-state index in [2.05, 4.69) is 49.2 Å². The van der Waals surface area contributed by atoms with Crippen LogP contribution in [0.4, 0.5) is 4.39 Å². The van der Waals surface area contributed by atoms with E-state index in [1.807, 2.05) is 25.8 Å². The summed E-state index contributed by atoms with van der Waals surface area (Å²) < 4.78 is 19.1. The molecule has 5 nitrogen and oxygen atoms in total. The lowest BCUT2D eigenvalue weighted by atomic mass is 9.86. The molecule has 0 aliphatic carbocycles. The number of hydrogen-bond acceptors (Lipinski definition) is 3. The highest BCUT2D eigenvalue weighted by Gasteiger charge is 2.27. The van der Waals surface area contributed by atoms with Gasteiger partial charge < -0.3 is 15.0 Å². The number of aliphatic imine (C=N–C) groups is 2. The minimum Gasteiger partial charge on any atom is -0.498 e. The summed E-state index contributed by atoms with van der Waals surface area (Å²) in [5.74, 6) is 1.83. The predicted octanol–water partition coefficient (Wildman–Crippen LogP) is 5.97. The van der Waals surface area contributed by atoms with Crippen LogP contribution in [0.2, 0.25) is 0 Å². The fourth-order valence-corrected chi connectivity index (χ4v) is 3.59. The third-order valence-corrected chi connectivity index (χ3v) is 6.23. The van der Waals surface area contributed by atoms with Crippen molar-refractivity contribution in [3.05, 3.63) is 36.0 Å². The van der Waals surface area contributed by atoms with Crippen molar-refractivity contribution in [3.63, 3.8) is 0 Å². The van der Waals surface area contributed by atoms with Crippen LogP contribution < -0.4 is 5.32 Å². The van der Waals surface area contributed by atoms with E-state index >= 15 is 0 Å². The van der Waals surface area contributed by atoms with Gasteiger partial charge in [-0.15, -0.1) is 0 Å². The Labute approximate surface area is 190 Å². The van der Waals surface area contributed by atoms with E-state index in [1.165, 1.54) is 14.0 Å². The molecule has 178 valence electrons. The van der Waals surface area contributed by atoms with Gasteiger partial charge in [0.15, 0.2) is 11.7 Å². The maximum atomic E-state index is 13.9. The number of hydrogen-bond donors (Lipinski definition) is 1. The zero-order chi connectivity index (χ0) is 24.3. The van der Waals surface area contributed by atoms with Gasteiger partial charge >= 0.3 is 0 Å². The molecule has 0 bridgehead atoms. The SMILES string of the molecule is C=C(C(=C)N(C)C(=NC)C(=NC)NC(CC)CC(C)CC)C(C)[C@@H](C)/C(OC)=C(\C)F. The smallest absolute Gasteiger partial charge is 0.170 e. The van der Waals surface area contributed by atoms with Gasteiger partial charge in [0.2, 0.25) is 0 Å². The van der Waals surface area contributed by atoms with Gasteiger partial charge in [0, 0.05) is 38.8 Å². The Kier molecular flexibility index (Phi) is 13.1. The Balaban J connectivity index is 5.57. The predicted molar refractivity (Wildman–Crippen MR) is 133 cm³/mol. The second kappa shape index (κ2) is 14.0. The third-order valence-electron chi connectivity index (χ3n) is 6.23. The molecule has 4 atom stereocenters. The fraction of sp³-hybridized carbons (Fsp3) is 0.680. The maximum Gasteiger partial charge on any atom is 0.170 e. The minimum absolute atomic E-state index is 0.0718. The van der Waals surface area contributed by atoms with Crippen LogP contribution in [-0.2, 0) is 4.74 Å². The van der Waals surface area contributed by atoms with Crippen molar-refractivity contribution in [1.82, 2.24) is 10.2 Å². The Morgan fingerprint density at radius 2 is 1.65 bits per heavy atom. The van der Waals surface area contributed by atoms with Crippen molar-refractivity contribution in [3.8, 4) is 0 Å². The Morgan fingerprint density at radius 1 is 1.06 bits per heavy atom. The normalized spacial score (nSPS) is 17.3. The van der Waals surface area contributed by atoms with Crippen molar-refractivity contribution in [2.24, 2.45) is 27.7 Å². The maximum absolute atomic E-state index is 13.9. The zero-order valence-corrected chi connectivity index (χ0v) is 21.5. The van der Waals surface area contributed by atoms with Crippen molar-refractivity contribution < 1.29 is 9.13 Å². The van der Waals surface area contributed by atoms with Crippen LogP contribution in [0, 0.1) is 17.8 Å². The van der Waals surface area contributed by atoms with Gasteiger partial charge in [0.1, 0.15) is 11.6 Å². The number of methoxy groups -OCH3 is 1. The van der Waals surface area contributed by atoms with Crippen molar-refractivity contribution in [2.75, 3.05) is 28.3 Å². The summed E-state index contributed by atoms with van der Waals surface area (Å²) in [5.41, 5.74) is 1.51. The number of rotatable bonds is 11. The highest BCUT2D eigenvalue weighted by molar-refractivity contribution is 6.40. The molecule has 3 unspecified atom stereocenters. The second-order valence-electron chi connectivity index (χ2n) is 8.33. The van der Waals surface area contributed by atoms with Crippen molar-refractivity contribution in [1.29, 1.82) is 0 Å². The Morgan fingerprint density at radius 3 is 2.03 bits per heavy atom. The average molecular weight is 437 g/mol. The Hall–Kier alpha value is -2.11. The number of allylic oxidation sites excluding steroid dienone is 3. The largest absolute Gasteiger partial charge is 0.498 e. The fourth-order valence-electron chi connectivity index (χ4n) is 3.59. The number of halogens is 1. The lowest BCUT2D eigenvalue weighted by Gasteiger charge is -2.31. The summed E-state index contributed by atoms with van der Waals surface area (Å²) in [6.07, 6.45) is 3.22. The van der Waals surface area contributed by atoms with Gasteiger partial charge in [-0.05, 0) is 37.2 Å². The van der Waals surface area contributed by atoms with Crippen LogP contribution >= 0.6 is 0 Å². The third kappa shape index (κ3) is 8.15. The first-order chi connectivity index (χ1) is 14.5. The van der Waals surface area contributed by atoms with Gasteiger partial charge in [0.05, 0.1) is 7.11 Å². The first kappa shape index (κ1) is 28.9. The highest BCUT2D eigenvalue weighted by Crippen LogP contribution is 2.32. The summed E-state index contributed by atoms with van der Waals surface area (Å²) in [6.45, 7) is 20.5. The molecule has 0 spiro atoms. The quantitative estimate of drug-likeness (QED) is 0.188. The van der Waals surface area contributed by atoms with E-state index in [9.17, 15) is 4.39 Å². The van der Waals surface area contributed by atoms with Crippen LogP contribution in [0.3, 0.4) is 0 Å². The standard InChI is InChI=1S/C25H45FN4O/c1-13-16(3)15-22(14-2)29-24(27-9)25(28-10)30(11)21(8)18(5)17(4)19(6)23(31-12)20(7)26/h16-17,19,22H,5,8,13-15H2,1-4,6-7,9-12H3,(H,27,29)/b23-20-,28-25?/t16?,17?,19-,22?/m1/s1. The lowest BCUT2D eigenvalue weighted by Crippen LogP contribution is -2.46. The molecule has 6 heteroatoms. The summed E-state index contributed by atoms with van der Waals surface area (Å²) in [6, 6.07) is 0.316. The van der Waals surface area contributed by atoms with E-state index in [4.69, 9.17) is 4.74 Å². The van der Waals surface area contributed by atoms with Crippen molar-refractivity contribution >= 4 is 11.7 Å². The molecule has 0 saturated heterocycles. The lowest BCUT2D eigenvalue weighted by molar-refractivity contribution is 0.213. The average Bonchev–Trinajstić information content (AvgIpc) is 2.75. The first-order valence-corrected chi connectivity index (χ1v) is 11.2. The zero-order valence-electron chi connectivity index (χ0n) is 21.5. The molecule has 0 saturated carbocycles. The molecule has 31 heavy (non-hydrogen) atoms. The van der Waals surface area contributed by atoms with Gasteiger partial charge in [0.25, 0.3) is 0 Å². The van der Waals surface area contributed by atoms with Crippen molar-refractivity contribution in [2.45, 2.75) is 66.8 Å². The number of likely N-dealkylation sites (N-methyl/N-ethyl adjacent to an activating group) is 1. The minimum atomic E-state index is -0.319. The molecule has 0 amide bonds. The summed E-state index contributed by atoms with van der Waals surface area (Å²) in [4.78, 5) is 10.9. The number of amidine groups is 2. The molecule has 0 radical (unpaired) electrons. The van der Waals surface area contributed by atoms with E-state index < -0.39 is 0 Å². The molecule has 0 heterocycles. The number of nitrogens with zero attached hydrogens (tertiary/aromatic N) is 3. The van der Waals surface area contributed by atoms with E-state index in [0.717, 1.165) is 30.7 Å². The molecule has 0 fully saturated rings. The second-order valence-corrected chi connectivity index (χ2v) is 8.33. The highest BCUT2D eigenvalue weighted by atomic mass is 19.1. The van der Waals surface area contributed by atoms with Gasteiger partial charge in [-0.1, -0.05) is 54.2 Å². The monoisotopic (exact) mass is 436 g/mol. The van der Waals surface area contributed by atoms with E-state index in [0.29, 0.717) is 29.3 Å². The molecular weight excluding hydrogens is 391 g/mol. The van der Waals surface area contributed by atoms with Crippen LogP contribution in [-0.4, -0.2) is 50.9 Å². The molecule has 0 aliphatic heterocycles. The van der Waals surface area contributed by atoms with Crippen LogP contribution in [0.25, 0.3) is 0 Å². The van der Waals surface area contributed by atoms with Gasteiger partial charge in [-0.2, -0.15) is 0 Å². The number of ether oxygens (including phenoxy) is 1. The summed E-state index contributed by atoms with van der Waals surface area (Å²) in [7, 11) is 6.91. The van der Waals surface area contributed by atoms with Crippen LogP contribution in [0.5, 0.6) is 0 Å². The Bertz CT molecular complexity index is 692. The molecular formula is C25H45FN4O. The number of nitrogens with one attached hydrogen (secondary N) is 1. The van der Waals surface area contributed by atoms with Gasteiger partial charge in [-0.25, -0.2) is 4.39 Å². The molecule has 0 rings (SSSR count). The summed E-state index contributed by atoms with van der Waals surface area (Å²) >= 11 is 0. The van der Waals surface area contributed by atoms with Crippen LogP contribution in [0.1, 0.15) is 60.8 Å². The summed E-state index contributed by atoms with van der Waals surface area (Å²) in [5, 5.41) is 3.57. The van der Waals surface area contributed by atoms with Gasteiger partial charge in [-0.3, -0.25) is 9.98 Å². The molecule has 1 N–H and O–H groups in total. The molecule has 0 aromatic carbocycles.